The van der Waals surface area contributed by atoms with Crippen LogP contribution >= 0.6 is 0 Å². The molecule has 0 amide bonds. The van der Waals surface area contributed by atoms with E-state index in [-0.39, 0.29) is 10.9 Å². The molecule has 0 atom stereocenters. The van der Waals surface area contributed by atoms with Gasteiger partial charge in [0.05, 0.1) is 16.9 Å². The molecule has 7 nitrogen and oxygen atoms in total. The van der Waals surface area contributed by atoms with Crippen LogP contribution in [0.4, 0.5) is 0 Å². The Morgan fingerprint density at radius 3 is 2.48 bits per heavy atom. The average Bonchev–Trinajstić information content (AvgIpc) is 3.19. The Balaban J connectivity index is 1.63. The van der Waals surface area contributed by atoms with Crippen molar-refractivity contribution >= 4 is 32.6 Å². The van der Waals surface area contributed by atoms with Crippen LogP contribution in [0.2, 0.25) is 0 Å². The second kappa shape index (κ2) is 7.94. The Labute approximate surface area is 182 Å². The van der Waals surface area contributed by atoms with Gasteiger partial charge in [0, 0.05) is 24.3 Å². The van der Waals surface area contributed by atoms with Crippen LogP contribution in [0.25, 0.3) is 16.6 Å². The fraction of sp³-hybridized carbons (Fsp3) is 0.304. The van der Waals surface area contributed by atoms with E-state index in [2.05, 4.69) is 4.98 Å². The first-order valence-corrected chi connectivity index (χ1v) is 11.6. The van der Waals surface area contributed by atoms with Crippen LogP contribution < -0.4 is 0 Å². The summed E-state index contributed by atoms with van der Waals surface area (Å²) in [7, 11) is -3.74. The molecule has 0 N–H and O–H groups in total. The summed E-state index contributed by atoms with van der Waals surface area (Å²) in [6.45, 7) is 6.51. The lowest BCUT2D eigenvalue weighted by Crippen LogP contribution is -2.36. The number of hydrogen-bond donors (Lipinski definition) is 0. The van der Waals surface area contributed by atoms with Gasteiger partial charge < -0.3 is 4.84 Å². The average molecular weight is 440 g/mol. The number of hydroxylamine groups is 2. The quantitative estimate of drug-likeness (QED) is 0.614. The van der Waals surface area contributed by atoms with E-state index in [0.717, 1.165) is 16.5 Å². The maximum absolute atomic E-state index is 13.1. The summed E-state index contributed by atoms with van der Waals surface area (Å²) in [5.74, 6) is -0.265. The highest BCUT2D eigenvalue weighted by molar-refractivity contribution is 7.90. The fourth-order valence-electron chi connectivity index (χ4n) is 3.43. The van der Waals surface area contributed by atoms with Gasteiger partial charge in [0.2, 0.25) is 0 Å². The summed E-state index contributed by atoms with van der Waals surface area (Å²) in [6, 6.07) is 12.0. The molecule has 0 aliphatic carbocycles. The Morgan fingerprint density at radius 1 is 1.10 bits per heavy atom. The van der Waals surface area contributed by atoms with E-state index in [1.807, 2.05) is 32.9 Å². The van der Waals surface area contributed by atoms with Gasteiger partial charge in [-0.25, -0.2) is 22.2 Å². The molecule has 1 aliphatic heterocycles. The minimum atomic E-state index is -3.74. The Bertz CT molecular complexity index is 1250. The van der Waals surface area contributed by atoms with Crippen molar-refractivity contribution in [2.75, 3.05) is 13.1 Å². The van der Waals surface area contributed by atoms with Gasteiger partial charge in [0.25, 0.3) is 10.0 Å². The number of rotatable bonds is 4. The molecule has 0 radical (unpaired) electrons. The van der Waals surface area contributed by atoms with E-state index < -0.39 is 15.4 Å². The summed E-state index contributed by atoms with van der Waals surface area (Å²) >= 11 is 0. The lowest BCUT2D eigenvalue weighted by atomic mass is 9.97. The maximum Gasteiger partial charge on any atom is 0.330 e. The molecule has 4 rings (SSSR count). The summed E-state index contributed by atoms with van der Waals surface area (Å²) < 4.78 is 27.4. The highest BCUT2D eigenvalue weighted by Crippen LogP contribution is 2.31. The molecule has 1 aromatic carbocycles. The molecular formula is C23H25N3O4S. The minimum absolute atomic E-state index is 0.216. The lowest BCUT2D eigenvalue weighted by molar-refractivity contribution is -0.198. The van der Waals surface area contributed by atoms with E-state index >= 15 is 0 Å². The molecule has 0 fully saturated rings. The first-order chi connectivity index (χ1) is 14.7. The number of benzene rings is 1. The number of nitrogens with zero attached hydrogens (tertiary/aromatic N) is 3. The Morgan fingerprint density at radius 2 is 1.84 bits per heavy atom. The van der Waals surface area contributed by atoms with Crippen LogP contribution in [0.1, 0.15) is 32.8 Å². The van der Waals surface area contributed by atoms with Crippen LogP contribution in [0.5, 0.6) is 0 Å². The van der Waals surface area contributed by atoms with Crippen molar-refractivity contribution in [2.45, 2.75) is 32.1 Å². The van der Waals surface area contributed by atoms with Crippen molar-refractivity contribution in [1.82, 2.24) is 14.0 Å². The number of carbonyl (C=O) groups is 1. The molecule has 0 saturated heterocycles. The van der Waals surface area contributed by atoms with Crippen molar-refractivity contribution in [3.8, 4) is 0 Å². The summed E-state index contributed by atoms with van der Waals surface area (Å²) in [5, 5.41) is 2.42. The van der Waals surface area contributed by atoms with Crippen molar-refractivity contribution in [2.24, 2.45) is 5.41 Å². The zero-order valence-corrected chi connectivity index (χ0v) is 18.6. The molecule has 3 aromatic rings. The molecule has 3 heterocycles. The number of carbonyl (C=O) groups excluding carboxylic acids is 1. The largest absolute Gasteiger partial charge is 0.367 e. The first-order valence-electron chi connectivity index (χ1n) is 10.1. The van der Waals surface area contributed by atoms with Gasteiger partial charge in [-0.05, 0) is 62.6 Å². The molecule has 8 heteroatoms. The number of pyridine rings is 1. The monoisotopic (exact) mass is 439 g/mol. The van der Waals surface area contributed by atoms with Gasteiger partial charge in [0.1, 0.15) is 0 Å². The molecule has 0 bridgehead atoms. The third-order valence-corrected chi connectivity index (χ3v) is 6.88. The van der Waals surface area contributed by atoms with Gasteiger partial charge in [0.15, 0.2) is 5.65 Å². The highest BCUT2D eigenvalue weighted by atomic mass is 32.2. The predicted octanol–water partition coefficient (Wildman–Crippen LogP) is 3.87. The number of hydrogen-bond acceptors (Lipinski definition) is 6. The zero-order valence-electron chi connectivity index (χ0n) is 17.8. The van der Waals surface area contributed by atoms with E-state index in [1.165, 1.54) is 3.97 Å². The lowest BCUT2D eigenvalue weighted by Gasteiger charge is -2.28. The third kappa shape index (κ3) is 4.13. The molecule has 2 aromatic heterocycles. The number of fused-ring (bicyclic) bond motifs is 1. The second-order valence-electron chi connectivity index (χ2n) is 8.52. The first kappa shape index (κ1) is 21.3. The van der Waals surface area contributed by atoms with Gasteiger partial charge in [-0.1, -0.05) is 24.3 Å². The van der Waals surface area contributed by atoms with E-state index in [0.29, 0.717) is 25.2 Å². The summed E-state index contributed by atoms with van der Waals surface area (Å²) in [4.78, 5) is 22.2. The summed E-state index contributed by atoms with van der Waals surface area (Å²) in [5.41, 5.74) is 1.84. The minimum Gasteiger partial charge on any atom is -0.367 e. The molecule has 1 aliphatic rings. The summed E-state index contributed by atoms with van der Waals surface area (Å²) in [6.07, 6.45) is 5.86. The smallest absolute Gasteiger partial charge is 0.330 e. The molecule has 0 saturated carbocycles. The molecular weight excluding hydrogens is 414 g/mol. The van der Waals surface area contributed by atoms with Crippen molar-refractivity contribution < 1.29 is 18.0 Å². The van der Waals surface area contributed by atoms with Gasteiger partial charge in [-0.2, -0.15) is 0 Å². The Hall–Kier alpha value is -2.97. The molecule has 0 spiro atoms. The molecule has 31 heavy (non-hydrogen) atoms. The van der Waals surface area contributed by atoms with Crippen molar-refractivity contribution in [1.29, 1.82) is 0 Å². The predicted molar refractivity (Wildman–Crippen MR) is 118 cm³/mol. The maximum atomic E-state index is 13.1. The second-order valence-corrected chi connectivity index (χ2v) is 10.3. The standard InChI is InChI=1S/C23H25N3O4S/c1-23(2,3)22(27)30-25-14-10-17(11-15-25)19-9-13-24-21-20(19)12-16-26(21)31(28,29)18-7-5-4-6-8-18/h4-10,12-13,16H,11,14-15H2,1-3H3. The van der Waals surface area contributed by atoms with Gasteiger partial charge in [-0.15, -0.1) is 5.06 Å². The molecule has 0 unspecified atom stereocenters. The number of aromatic nitrogens is 2. The van der Waals surface area contributed by atoms with Crippen molar-refractivity contribution in [3.05, 3.63) is 66.5 Å². The SMILES string of the molecule is CC(C)(C)C(=O)ON1CC=C(c2ccnc3c2ccn3S(=O)(=O)c2ccccc2)CC1. The van der Waals surface area contributed by atoms with Crippen LogP contribution in [0, 0.1) is 5.41 Å². The van der Waals surface area contributed by atoms with Crippen LogP contribution in [0.3, 0.4) is 0 Å². The Kier molecular flexibility index (Phi) is 5.45. The third-order valence-electron chi connectivity index (χ3n) is 5.20. The van der Waals surface area contributed by atoms with Crippen LogP contribution in [-0.2, 0) is 19.7 Å². The van der Waals surface area contributed by atoms with Crippen LogP contribution in [-0.4, -0.2) is 41.5 Å². The highest BCUT2D eigenvalue weighted by Gasteiger charge is 2.27. The van der Waals surface area contributed by atoms with E-state index in [9.17, 15) is 13.2 Å². The van der Waals surface area contributed by atoms with Gasteiger partial charge in [-0.3, -0.25) is 0 Å². The molecule has 162 valence electrons. The topological polar surface area (TPSA) is 81.5 Å². The zero-order chi connectivity index (χ0) is 22.2. The van der Waals surface area contributed by atoms with Gasteiger partial charge >= 0.3 is 5.97 Å². The van der Waals surface area contributed by atoms with Crippen molar-refractivity contribution in [3.63, 3.8) is 0 Å². The van der Waals surface area contributed by atoms with E-state index in [4.69, 9.17) is 4.84 Å². The normalized spacial score (nSPS) is 15.6. The van der Waals surface area contributed by atoms with E-state index in [1.54, 1.807) is 53.9 Å². The fourth-order valence-corrected chi connectivity index (χ4v) is 4.75. The van der Waals surface area contributed by atoms with Crippen LogP contribution in [0.15, 0.2) is 65.8 Å².